The van der Waals surface area contributed by atoms with E-state index in [0.29, 0.717) is 11.8 Å². The number of anilines is 3. The number of nitrogens with zero attached hydrogens (tertiary/aromatic N) is 1. The van der Waals surface area contributed by atoms with Crippen molar-refractivity contribution in [1.82, 2.24) is 0 Å². The standard InChI is InChI=1S/C59H51N/c1-40-33-42-35-41(2)59(51(34-40)36-42)57-22-10-9-21-55(57)56-39-50(27-32-58(56)59)48-18-11-17-47(37-48)49-19-12-20-54(38-49)60(52-28-23-45(24-29-52)43-13-5-3-6-14-43)53-30-25-46(26-31-53)44-15-7-4-8-16-44/h3-32,37-42,51H,33-36H2,1-2H3. The van der Waals surface area contributed by atoms with Gasteiger partial charge in [0.05, 0.1) is 0 Å². The average molecular weight is 774 g/mol. The van der Waals surface area contributed by atoms with Gasteiger partial charge in [0.1, 0.15) is 0 Å². The predicted octanol–water partition coefficient (Wildman–Crippen LogP) is 16.2. The van der Waals surface area contributed by atoms with E-state index in [2.05, 4.69) is 219 Å². The fourth-order valence-electron chi connectivity index (χ4n) is 11.9. The molecule has 5 unspecified atom stereocenters. The van der Waals surface area contributed by atoms with Gasteiger partial charge in [-0.3, -0.25) is 0 Å². The van der Waals surface area contributed by atoms with Gasteiger partial charge in [0.25, 0.3) is 0 Å². The molecule has 8 aromatic carbocycles. The second kappa shape index (κ2) is 15.0. The molecule has 60 heavy (non-hydrogen) atoms. The minimum absolute atomic E-state index is 0.119. The maximum Gasteiger partial charge on any atom is 0.0467 e. The van der Waals surface area contributed by atoms with Crippen molar-refractivity contribution in [2.75, 3.05) is 4.90 Å². The normalized spacial score (nSPS) is 21.3. The molecule has 0 aromatic heterocycles. The van der Waals surface area contributed by atoms with Crippen LogP contribution >= 0.6 is 0 Å². The van der Waals surface area contributed by atoms with E-state index in [1.54, 1.807) is 11.1 Å². The average Bonchev–Trinajstić information content (AvgIpc) is 3.60. The van der Waals surface area contributed by atoms with Crippen LogP contribution in [0, 0.1) is 23.7 Å². The van der Waals surface area contributed by atoms with Crippen molar-refractivity contribution in [3.8, 4) is 55.6 Å². The third-order valence-corrected chi connectivity index (χ3v) is 14.4. The van der Waals surface area contributed by atoms with Gasteiger partial charge >= 0.3 is 0 Å². The van der Waals surface area contributed by atoms with Crippen molar-refractivity contribution in [3.05, 3.63) is 211 Å². The molecule has 0 radical (unpaired) electrons. The molecule has 0 heterocycles. The Balaban J connectivity index is 0.960. The zero-order valence-corrected chi connectivity index (χ0v) is 34.6. The highest BCUT2D eigenvalue weighted by molar-refractivity contribution is 5.87. The number of rotatable bonds is 7. The van der Waals surface area contributed by atoms with Crippen LogP contribution < -0.4 is 4.90 Å². The van der Waals surface area contributed by atoms with Crippen LogP contribution in [0.25, 0.3) is 55.6 Å². The fraction of sp³-hybridized carbons (Fsp3) is 0.186. The third-order valence-electron chi connectivity index (χ3n) is 14.4. The first-order chi connectivity index (χ1) is 29.5. The van der Waals surface area contributed by atoms with Gasteiger partial charge in [0.15, 0.2) is 0 Å². The van der Waals surface area contributed by atoms with Crippen LogP contribution in [0.4, 0.5) is 17.1 Å². The van der Waals surface area contributed by atoms with Crippen LogP contribution in [0.3, 0.4) is 0 Å². The lowest BCUT2D eigenvalue weighted by Gasteiger charge is -2.54. The first-order valence-corrected chi connectivity index (χ1v) is 22.1. The van der Waals surface area contributed by atoms with E-state index in [1.165, 1.54) is 81.3 Å². The molecule has 2 bridgehead atoms. The summed E-state index contributed by atoms with van der Waals surface area (Å²) in [5.41, 5.74) is 19.4. The summed E-state index contributed by atoms with van der Waals surface area (Å²) in [4.78, 5) is 2.38. The largest absolute Gasteiger partial charge is 0.310 e. The van der Waals surface area contributed by atoms with Crippen molar-refractivity contribution in [2.24, 2.45) is 23.7 Å². The topological polar surface area (TPSA) is 3.24 Å². The van der Waals surface area contributed by atoms with Gasteiger partial charge in [-0.25, -0.2) is 0 Å². The van der Waals surface area contributed by atoms with Crippen LogP contribution in [0.2, 0.25) is 0 Å². The Morgan fingerprint density at radius 1 is 0.367 bits per heavy atom. The third kappa shape index (κ3) is 6.22. The second-order valence-electron chi connectivity index (χ2n) is 18.0. The fourth-order valence-corrected chi connectivity index (χ4v) is 11.9. The van der Waals surface area contributed by atoms with E-state index in [-0.39, 0.29) is 5.41 Å². The first-order valence-electron chi connectivity index (χ1n) is 22.1. The number of benzene rings is 8. The molecular weight excluding hydrogens is 723 g/mol. The Hall–Kier alpha value is -6.44. The highest BCUT2D eigenvalue weighted by atomic mass is 15.1. The predicted molar refractivity (Wildman–Crippen MR) is 253 cm³/mol. The Kier molecular flexibility index (Phi) is 9.15. The van der Waals surface area contributed by atoms with Crippen molar-refractivity contribution >= 4 is 17.1 Å². The molecule has 0 saturated heterocycles. The van der Waals surface area contributed by atoms with Gasteiger partial charge in [-0.15, -0.1) is 0 Å². The maximum atomic E-state index is 2.56. The molecule has 3 aliphatic rings. The summed E-state index contributed by atoms with van der Waals surface area (Å²) in [7, 11) is 0. The number of hydrogen-bond donors (Lipinski definition) is 0. The molecule has 1 nitrogen and oxygen atoms in total. The Bertz CT molecular complexity index is 2720. The molecule has 2 fully saturated rings. The molecule has 5 atom stereocenters. The summed E-state index contributed by atoms with van der Waals surface area (Å²) >= 11 is 0. The van der Waals surface area contributed by atoms with Gasteiger partial charge in [-0.2, -0.15) is 0 Å². The quantitative estimate of drug-likeness (QED) is 0.156. The second-order valence-corrected chi connectivity index (χ2v) is 18.0. The van der Waals surface area contributed by atoms with Crippen LogP contribution in [-0.4, -0.2) is 0 Å². The summed E-state index contributed by atoms with van der Waals surface area (Å²) in [5, 5.41) is 0. The van der Waals surface area contributed by atoms with Crippen molar-refractivity contribution in [1.29, 1.82) is 0 Å². The van der Waals surface area contributed by atoms with Gasteiger partial charge in [0.2, 0.25) is 0 Å². The molecule has 292 valence electrons. The Labute approximate surface area is 356 Å². The molecule has 3 aliphatic carbocycles. The number of fused-ring (bicyclic) bond motifs is 8. The maximum absolute atomic E-state index is 2.56. The highest BCUT2D eigenvalue weighted by Gasteiger charge is 2.56. The molecular formula is C59H51N. The van der Waals surface area contributed by atoms with E-state index >= 15 is 0 Å². The minimum atomic E-state index is 0.119. The number of hydrogen-bond acceptors (Lipinski definition) is 1. The SMILES string of the molecule is CC1CC2CC(C)C3(c4ccccc4-c4cc(-c5cccc(-c6cccc(N(c7ccc(-c8ccccc8)cc7)c7ccc(-c8ccccc8)cc7)c6)c5)ccc43)C(C1)C2. The molecule has 8 aromatic rings. The minimum Gasteiger partial charge on any atom is -0.310 e. The van der Waals surface area contributed by atoms with Gasteiger partial charge in [0, 0.05) is 22.5 Å². The summed E-state index contributed by atoms with van der Waals surface area (Å²) in [6, 6.07) is 74.3. The summed E-state index contributed by atoms with van der Waals surface area (Å²) in [5.74, 6) is 3.04. The molecule has 0 aliphatic heterocycles. The molecule has 11 rings (SSSR count). The van der Waals surface area contributed by atoms with E-state index < -0.39 is 0 Å². The lowest BCUT2D eigenvalue weighted by Crippen LogP contribution is -2.49. The van der Waals surface area contributed by atoms with Gasteiger partial charge in [-0.1, -0.05) is 166 Å². The smallest absolute Gasteiger partial charge is 0.0467 e. The van der Waals surface area contributed by atoms with Gasteiger partial charge in [-0.05, 0) is 165 Å². The summed E-state index contributed by atoms with van der Waals surface area (Å²) in [6.07, 6.45) is 5.46. The molecule has 1 spiro atoms. The summed E-state index contributed by atoms with van der Waals surface area (Å²) < 4.78 is 0. The van der Waals surface area contributed by atoms with E-state index in [9.17, 15) is 0 Å². The zero-order chi connectivity index (χ0) is 40.2. The van der Waals surface area contributed by atoms with E-state index in [0.717, 1.165) is 28.9 Å². The monoisotopic (exact) mass is 773 g/mol. The van der Waals surface area contributed by atoms with E-state index in [1.807, 2.05) is 0 Å². The lowest BCUT2D eigenvalue weighted by atomic mass is 9.49. The van der Waals surface area contributed by atoms with Crippen LogP contribution in [0.15, 0.2) is 200 Å². The summed E-state index contributed by atoms with van der Waals surface area (Å²) in [6.45, 7) is 5.06. The Morgan fingerprint density at radius 3 is 1.52 bits per heavy atom. The van der Waals surface area contributed by atoms with Crippen molar-refractivity contribution in [2.45, 2.75) is 44.9 Å². The molecule has 1 heteroatoms. The highest BCUT2D eigenvalue weighted by Crippen LogP contribution is 2.64. The van der Waals surface area contributed by atoms with Crippen molar-refractivity contribution < 1.29 is 0 Å². The van der Waals surface area contributed by atoms with Crippen LogP contribution in [-0.2, 0) is 5.41 Å². The molecule has 0 N–H and O–H groups in total. The van der Waals surface area contributed by atoms with Crippen LogP contribution in [0.5, 0.6) is 0 Å². The van der Waals surface area contributed by atoms with Crippen LogP contribution in [0.1, 0.15) is 50.7 Å². The molecule has 2 saturated carbocycles. The first kappa shape index (κ1) is 36.6. The molecule has 0 amide bonds. The lowest BCUT2D eigenvalue weighted by molar-refractivity contribution is 0.0426. The van der Waals surface area contributed by atoms with E-state index in [4.69, 9.17) is 0 Å². The Morgan fingerprint density at radius 2 is 0.867 bits per heavy atom. The zero-order valence-electron chi connectivity index (χ0n) is 34.6. The van der Waals surface area contributed by atoms with Gasteiger partial charge < -0.3 is 4.90 Å². The van der Waals surface area contributed by atoms with Crippen molar-refractivity contribution in [3.63, 3.8) is 0 Å².